The molecule has 3 nitrogen and oxygen atoms in total. The monoisotopic (exact) mass is 226 g/mol. The molecule has 0 atom stereocenters. The fourth-order valence-electron chi connectivity index (χ4n) is 2.56. The van der Waals surface area contributed by atoms with E-state index in [1.54, 1.807) is 0 Å². The van der Waals surface area contributed by atoms with E-state index in [-0.39, 0.29) is 0 Å². The highest BCUT2D eigenvalue weighted by Gasteiger charge is 2.24. The predicted octanol–water partition coefficient (Wildman–Crippen LogP) is 1.37. The molecule has 0 heterocycles. The number of hydrogen-bond donors (Lipinski definition) is 2. The first-order valence-electron chi connectivity index (χ1n) is 6.98. The van der Waals surface area contributed by atoms with Crippen LogP contribution in [-0.4, -0.2) is 48.3 Å². The third-order valence-corrected chi connectivity index (χ3v) is 4.14. The van der Waals surface area contributed by atoms with Crippen LogP contribution < -0.4 is 5.32 Å². The zero-order valence-electron chi connectivity index (χ0n) is 10.3. The standard InChI is InChI=1S/C13H26N2O/c16-11-10-15(13-6-2-7-13)9-3-8-14-12-4-1-5-12/h12-14,16H,1-11H2. The Labute approximate surface area is 99.2 Å². The molecule has 0 spiro atoms. The fraction of sp³-hybridized carbons (Fsp3) is 1.00. The molecular formula is C13H26N2O. The van der Waals surface area contributed by atoms with Crippen LogP contribution in [0, 0.1) is 0 Å². The van der Waals surface area contributed by atoms with Gasteiger partial charge in [-0.3, -0.25) is 4.90 Å². The summed E-state index contributed by atoms with van der Waals surface area (Å²) in [5, 5.41) is 12.6. The molecule has 2 fully saturated rings. The smallest absolute Gasteiger partial charge is 0.0558 e. The lowest BCUT2D eigenvalue weighted by Crippen LogP contribution is -2.43. The zero-order chi connectivity index (χ0) is 11.2. The van der Waals surface area contributed by atoms with Crippen LogP contribution in [0.5, 0.6) is 0 Å². The Morgan fingerprint density at radius 2 is 1.81 bits per heavy atom. The molecule has 0 saturated heterocycles. The van der Waals surface area contributed by atoms with Gasteiger partial charge in [0.25, 0.3) is 0 Å². The molecule has 3 heteroatoms. The quantitative estimate of drug-likeness (QED) is 0.614. The van der Waals surface area contributed by atoms with E-state index in [0.29, 0.717) is 6.61 Å². The van der Waals surface area contributed by atoms with E-state index >= 15 is 0 Å². The van der Waals surface area contributed by atoms with Crippen molar-refractivity contribution in [3.05, 3.63) is 0 Å². The van der Waals surface area contributed by atoms with Crippen molar-refractivity contribution in [3.8, 4) is 0 Å². The Hall–Kier alpha value is -0.120. The van der Waals surface area contributed by atoms with Crippen molar-refractivity contribution >= 4 is 0 Å². The van der Waals surface area contributed by atoms with Crippen molar-refractivity contribution in [3.63, 3.8) is 0 Å². The van der Waals surface area contributed by atoms with E-state index in [0.717, 1.165) is 31.7 Å². The maximum Gasteiger partial charge on any atom is 0.0558 e. The van der Waals surface area contributed by atoms with Crippen LogP contribution in [0.1, 0.15) is 44.9 Å². The number of aliphatic hydroxyl groups excluding tert-OH is 1. The molecule has 2 saturated carbocycles. The van der Waals surface area contributed by atoms with Crippen molar-refractivity contribution in [2.24, 2.45) is 0 Å². The molecule has 2 N–H and O–H groups in total. The summed E-state index contributed by atoms with van der Waals surface area (Å²) in [7, 11) is 0. The third kappa shape index (κ3) is 3.44. The maximum absolute atomic E-state index is 9.04. The first-order valence-corrected chi connectivity index (χ1v) is 6.98. The second-order valence-corrected chi connectivity index (χ2v) is 5.28. The van der Waals surface area contributed by atoms with Gasteiger partial charge in [0.15, 0.2) is 0 Å². The Bertz CT molecular complexity index is 190. The second kappa shape index (κ2) is 6.58. The van der Waals surface area contributed by atoms with Crippen molar-refractivity contribution < 1.29 is 5.11 Å². The van der Waals surface area contributed by atoms with Crippen LogP contribution in [0.4, 0.5) is 0 Å². The van der Waals surface area contributed by atoms with Gasteiger partial charge in [0.1, 0.15) is 0 Å². The van der Waals surface area contributed by atoms with Gasteiger partial charge in [-0.25, -0.2) is 0 Å². The van der Waals surface area contributed by atoms with Crippen LogP contribution >= 0.6 is 0 Å². The summed E-state index contributed by atoms with van der Waals surface area (Å²) >= 11 is 0. The molecule has 0 bridgehead atoms. The minimum Gasteiger partial charge on any atom is -0.395 e. The molecule has 0 aromatic heterocycles. The number of aliphatic hydroxyl groups is 1. The number of hydrogen-bond acceptors (Lipinski definition) is 3. The predicted molar refractivity (Wildman–Crippen MR) is 66.6 cm³/mol. The highest BCUT2D eigenvalue weighted by molar-refractivity contribution is 4.80. The molecule has 0 aromatic rings. The summed E-state index contributed by atoms with van der Waals surface area (Å²) in [6.07, 6.45) is 9.47. The fourth-order valence-corrected chi connectivity index (χ4v) is 2.56. The van der Waals surface area contributed by atoms with E-state index in [1.807, 2.05) is 0 Å². The number of rotatable bonds is 8. The summed E-state index contributed by atoms with van der Waals surface area (Å²) in [5.41, 5.74) is 0. The molecule has 2 aliphatic carbocycles. The zero-order valence-corrected chi connectivity index (χ0v) is 10.3. The van der Waals surface area contributed by atoms with Crippen LogP contribution in [-0.2, 0) is 0 Å². The summed E-state index contributed by atoms with van der Waals surface area (Å²) in [6, 6.07) is 1.59. The van der Waals surface area contributed by atoms with Gasteiger partial charge in [0.2, 0.25) is 0 Å². The van der Waals surface area contributed by atoms with Gasteiger partial charge in [-0.15, -0.1) is 0 Å². The molecule has 0 amide bonds. The maximum atomic E-state index is 9.04. The normalized spacial score (nSPS) is 22.1. The molecule has 94 valence electrons. The molecule has 2 aliphatic rings. The van der Waals surface area contributed by atoms with Gasteiger partial charge >= 0.3 is 0 Å². The lowest BCUT2D eigenvalue weighted by atomic mass is 9.91. The largest absolute Gasteiger partial charge is 0.395 e. The highest BCUT2D eigenvalue weighted by atomic mass is 16.3. The molecular weight excluding hydrogens is 200 g/mol. The lowest BCUT2D eigenvalue weighted by molar-refractivity contribution is 0.0996. The van der Waals surface area contributed by atoms with Gasteiger partial charge in [-0.05, 0) is 45.2 Å². The number of nitrogens with one attached hydrogen (secondary N) is 1. The lowest BCUT2D eigenvalue weighted by Gasteiger charge is -2.37. The third-order valence-electron chi connectivity index (χ3n) is 4.14. The van der Waals surface area contributed by atoms with Gasteiger partial charge < -0.3 is 10.4 Å². The van der Waals surface area contributed by atoms with Crippen molar-refractivity contribution in [1.82, 2.24) is 10.2 Å². The van der Waals surface area contributed by atoms with Gasteiger partial charge in [0, 0.05) is 18.6 Å². The van der Waals surface area contributed by atoms with E-state index in [4.69, 9.17) is 5.11 Å². The van der Waals surface area contributed by atoms with Gasteiger partial charge in [-0.1, -0.05) is 12.8 Å². The molecule has 2 rings (SSSR count). The van der Waals surface area contributed by atoms with Crippen molar-refractivity contribution in [2.45, 2.75) is 57.0 Å². The van der Waals surface area contributed by atoms with Crippen LogP contribution in [0.25, 0.3) is 0 Å². The highest BCUT2D eigenvalue weighted by Crippen LogP contribution is 2.24. The van der Waals surface area contributed by atoms with Crippen LogP contribution in [0.2, 0.25) is 0 Å². The first-order chi connectivity index (χ1) is 7.90. The summed E-state index contributed by atoms with van der Waals surface area (Å²) in [6.45, 7) is 3.49. The average Bonchev–Trinajstić information content (AvgIpc) is 2.12. The first kappa shape index (κ1) is 12.3. The minimum absolute atomic E-state index is 0.312. The van der Waals surface area contributed by atoms with Crippen molar-refractivity contribution in [1.29, 1.82) is 0 Å². The van der Waals surface area contributed by atoms with Gasteiger partial charge in [0.05, 0.1) is 6.61 Å². The Kier molecular flexibility index (Phi) is 5.07. The molecule has 0 aliphatic heterocycles. The summed E-state index contributed by atoms with van der Waals surface area (Å²) in [5.74, 6) is 0. The van der Waals surface area contributed by atoms with E-state index < -0.39 is 0 Å². The van der Waals surface area contributed by atoms with Crippen LogP contribution in [0.3, 0.4) is 0 Å². The van der Waals surface area contributed by atoms with Crippen LogP contribution in [0.15, 0.2) is 0 Å². The summed E-state index contributed by atoms with van der Waals surface area (Å²) < 4.78 is 0. The topological polar surface area (TPSA) is 35.5 Å². The molecule has 0 aromatic carbocycles. The van der Waals surface area contributed by atoms with E-state index in [1.165, 1.54) is 44.9 Å². The molecule has 16 heavy (non-hydrogen) atoms. The van der Waals surface area contributed by atoms with Crippen molar-refractivity contribution in [2.75, 3.05) is 26.2 Å². The van der Waals surface area contributed by atoms with E-state index in [9.17, 15) is 0 Å². The second-order valence-electron chi connectivity index (χ2n) is 5.28. The SMILES string of the molecule is OCCN(CCCNC1CCC1)C1CCC1. The van der Waals surface area contributed by atoms with Gasteiger partial charge in [-0.2, -0.15) is 0 Å². The number of nitrogens with zero attached hydrogens (tertiary/aromatic N) is 1. The Morgan fingerprint density at radius 1 is 1.06 bits per heavy atom. The minimum atomic E-state index is 0.312. The Balaban J connectivity index is 1.53. The average molecular weight is 226 g/mol. The summed E-state index contributed by atoms with van der Waals surface area (Å²) in [4.78, 5) is 2.48. The molecule has 0 radical (unpaired) electrons. The molecule has 0 unspecified atom stereocenters. The van der Waals surface area contributed by atoms with E-state index in [2.05, 4.69) is 10.2 Å². The Morgan fingerprint density at radius 3 is 2.31 bits per heavy atom.